The van der Waals surface area contributed by atoms with Crippen LogP contribution in [0.3, 0.4) is 0 Å². The fourth-order valence-corrected chi connectivity index (χ4v) is 4.39. The first-order chi connectivity index (χ1) is 13.2. The Bertz CT molecular complexity index is 804. The summed E-state index contributed by atoms with van der Waals surface area (Å²) in [6.45, 7) is 3.86. The number of carbonyl (C=O) groups is 2. The molecule has 1 aromatic carbocycles. The summed E-state index contributed by atoms with van der Waals surface area (Å²) in [5.41, 5.74) is -0.116. The maximum atomic E-state index is 14.9. The van der Waals surface area contributed by atoms with Crippen molar-refractivity contribution in [3.05, 3.63) is 23.5 Å². The lowest BCUT2D eigenvalue weighted by atomic mass is 9.76. The molecule has 2 fully saturated rings. The van der Waals surface area contributed by atoms with Gasteiger partial charge in [-0.05, 0) is 32.8 Å². The first kappa shape index (κ1) is 19.1. The van der Waals surface area contributed by atoms with Gasteiger partial charge in [0.25, 0.3) is 0 Å². The predicted molar refractivity (Wildman–Crippen MR) is 98.8 cm³/mol. The summed E-state index contributed by atoms with van der Waals surface area (Å²) in [5, 5.41) is 13.3. The summed E-state index contributed by atoms with van der Waals surface area (Å²) in [7, 11) is 0. The normalized spacial score (nSPS) is 32.4. The molecule has 1 aliphatic carbocycles. The van der Waals surface area contributed by atoms with Gasteiger partial charge in [-0.25, -0.2) is 9.18 Å². The highest BCUT2D eigenvalue weighted by atomic mass is 19.1. The molecule has 4 rings (SSSR count). The lowest BCUT2D eigenvalue weighted by molar-refractivity contribution is -0.121. The number of nitrogens with zero attached hydrogens (tertiary/aromatic N) is 1. The summed E-state index contributed by atoms with van der Waals surface area (Å²) in [6.07, 6.45) is 1.06. The molecular formula is C20H25FN2O5. The van der Waals surface area contributed by atoms with Crippen molar-refractivity contribution in [2.24, 2.45) is 0 Å². The average molecular weight is 392 g/mol. The van der Waals surface area contributed by atoms with Gasteiger partial charge in [-0.1, -0.05) is 0 Å². The van der Waals surface area contributed by atoms with Crippen LogP contribution in [0.2, 0.25) is 0 Å². The van der Waals surface area contributed by atoms with Crippen molar-refractivity contribution in [1.29, 1.82) is 0 Å². The highest BCUT2D eigenvalue weighted by molar-refractivity contribution is 5.91. The van der Waals surface area contributed by atoms with Crippen LogP contribution in [-0.2, 0) is 16.1 Å². The molecule has 2 aliphatic heterocycles. The molecule has 2 heterocycles. The average Bonchev–Trinajstić information content (AvgIpc) is 2.57. The molecule has 2 N–H and O–H groups in total. The third-order valence-electron chi connectivity index (χ3n) is 5.60. The number of cyclic esters (lactones) is 1. The monoisotopic (exact) mass is 392 g/mol. The summed E-state index contributed by atoms with van der Waals surface area (Å²) in [5.74, 6) is -0.0330. The van der Waals surface area contributed by atoms with E-state index < -0.39 is 17.5 Å². The number of fused-ring (bicyclic) bond motifs is 1. The fourth-order valence-electron chi connectivity index (χ4n) is 4.39. The van der Waals surface area contributed by atoms with Crippen LogP contribution in [0.4, 0.5) is 14.9 Å². The minimum atomic E-state index is -0.844. The van der Waals surface area contributed by atoms with Crippen molar-refractivity contribution in [3.8, 4) is 5.75 Å². The Morgan fingerprint density at radius 3 is 2.79 bits per heavy atom. The Morgan fingerprint density at radius 1 is 1.36 bits per heavy atom. The van der Waals surface area contributed by atoms with Gasteiger partial charge in [0.1, 0.15) is 24.7 Å². The molecular weight excluding hydrogens is 367 g/mol. The molecule has 1 amide bonds. The highest BCUT2D eigenvalue weighted by Crippen LogP contribution is 2.42. The van der Waals surface area contributed by atoms with Crippen molar-refractivity contribution in [3.63, 3.8) is 0 Å². The zero-order valence-corrected chi connectivity index (χ0v) is 16.0. The van der Waals surface area contributed by atoms with Crippen LogP contribution in [-0.4, -0.2) is 47.3 Å². The lowest BCUT2D eigenvalue weighted by Gasteiger charge is -2.47. The zero-order chi connectivity index (χ0) is 20.1. The second-order valence-electron chi connectivity index (χ2n) is 8.42. The van der Waals surface area contributed by atoms with E-state index in [1.54, 1.807) is 13.0 Å². The van der Waals surface area contributed by atoms with Crippen LogP contribution < -0.4 is 15.0 Å². The summed E-state index contributed by atoms with van der Waals surface area (Å²) >= 11 is 0. The van der Waals surface area contributed by atoms with E-state index in [1.807, 2.05) is 6.92 Å². The number of halogens is 1. The van der Waals surface area contributed by atoms with Crippen LogP contribution in [0.25, 0.3) is 0 Å². The van der Waals surface area contributed by atoms with Gasteiger partial charge in [-0.2, -0.15) is 0 Å². The Hall–Kier alpha value is -2.19. The number of amides is 1. The Kier molecular flexibility index (Phi) is 4.79. The number of piperidine rings is 1. The number of Topliss-reactive ketones (excluding diaryl/α,β-unsaturated/α-hetero) is 1. The van der Waals surface area contributed by atoms with Gasteiger partial charge in [0, 0.05) is 42.6 Å². The number of ketones is 1. The zero-order valence-electron chi connectivity index (χ0n) is 16.0. The van der Waals surface area contributed by atoms with E-state index in [1.165, 1.54) is 11.0 Å². The van der Waals surface area contributed by atoms with Gasteiger partial charge < -0.3 is 19.9 Å². The highest BCUT2D eigenvalue weighted by Gasteiger charge is 2.46. The number of benzene rings is 1. The molecule has 1 aromatic rings. The Labute approximate surface area is 162 Å². The Balaban J connectivity index is 1.50. The third kappa shape index (κ3) is 3.71. The van der Waals surface area contributed by atoms with Crippen molar-refractivity contribution in [2.45, 2.75) is 69.9 Å². The first-order valence-corrected chi connectivity index (χ1v) is 9.63. The van der Waals surface area contributed by atoms with Crippen molar-refractivity contribution < 1.29 is 28.6 Å². The second kappa shape index (κ2) is 7.00. The maximum Gasteiger partial charge on any atom is 0.414 e. The Morgan fingerprint density at radius 2 is 2.11 bits per heavy atom. The number of aliphatic hydroxyl groups is 1. The maximum absolute atomic E-state index is 14.9. The number of hydrogen-bond acceptors (Lipinski definition) is 6. The molecule has 0 bridgehead atoms. The first-order valence-electron chi connectivity index (χ1n) is 9.63. The molecule has 3 aliphatic rings. The number of hydrogen-bond donors (Lipinski definition) is 2. The van der Waals surface area contributed by atoms with Crippen LogP contribution in [0.5, 0.6) is 5.75 Å². The summed E-state index contributed by atoms with van der Waals surface area (Å²) in [4.78, 5) is 25.2. The molecule has 28 heavy (non-hydrogen) atoms. The molecule has 8 heteroatoms. The molecule has 152 valence electrons. The number of carbonyl (C=O) groups excluding carboxylic acids is 2. The quantitative estimate of drug-likeness (QED) is 0.817. The standard InChI is InChI=1S/C20H25FN2O5/c1-11-3-15(24)5-13(22-11)10-27-16-4-12-9-28-19(25)23(18(12)17(21)6-16)14-7-20(2,26)8-14/h4,6,11,13-14,22,26H,3,5,7-10H2,1-2H3/t11-,13-,14?,20?/m0/s1. The molecule has 0 radical (unpaired) electrons. The number of rotatable bonds is 4. The van der Waals surface area contributed by atoms with E-state index in [0.717, 1.165) is 0 Å². The van der Waals surface area contributed by atoms with Crippen molar-refractivity contribution in [1.82, 2.24) is 5.32 Å². The number of nitrogens with one attached hydrogen (secondary N) is 1. The van der Waals surface area contributed by atoms with Gasteiger partial charge >= 0.3 is 6.09 Å². The van der Waals surface area contributed by atoms with Crippen LogP contribution >= 0.6 is 0 Å². The molecule has 7 nitrogen and oxygen atoms in total. The van der Waals surface area contributed by atoms with Crippen molar-refractivity contribution >= 4 is 17.6 Å². The molecule has 1 saturated heterocycles. The summed E-state index contributed by atoms with van der Waals surface area (Å²) < 4.78 is 25.8. The van der Waals surface area contributed by atoms with E-state index in [9.17, 15) is 19.1 Å². The van der Waals surface area contributed by atoms with E-state index >= 15 is 0 Å². The molecule has 0 unspecified atom stereocenters. The SMILES string of the molecule is C[C@H]1CC(=O)C[C@@H](COc2cc(F)c3c(c2)COC(=O)N3C2CC(C)(O)C2)N1. The number of anilines is 1. The number of ether oxygens (including phenoxy) is 2. The predicted octanol–water partition coefficient (Wildman–Crippen LogP) is 2.28. The second-order valence-corrected chi connectivity index (χ2v) is 8.42. The minimum Gasteiger partial charge on any atom is -0.492 e. The van der Waals surface area contributed by atoms with Gasteiger partial charge in [0.15, 0.2) is 5.82 Å². The summed E-state index contributed by atoms with van der Waals surface area (Å²) in [6, 6.07) is 2.63. The van der Waals surface area contributed by atoms with Crippen LogP contribution in [0, 0.1) is 5.82 Å². The largest absolute Gasteiger partial charge is 0.492 e. The minimum absolute atomic E-state index is 0.0287. The van der Waals surface area contributed by atoms with Gasteiger partial charge in [-0.15, -0.1) is 0 Å². The lowest BCUT2D eigenvalue weighted by Crippen LogP contribution is -2.57. The third-order valence-corrected chi connectivity index (χ3v) is 5.60. The van der Waals surface area contributed by atoms with Gasteiger partial charge in [0.2, 0.25) is 0 Å². The molecule has 0 aromatic heterocycles. The molecule has 0 spiro atoms. The van der Waals surface area contributed by atoms with E-state index in [-0.39, 0.29) is 42.8 Å². The molecule has 1 saturated carbocycles. The van der Waals surface area contributed by atoms with E-state index in [2.05, 4.69) is 5.32 Å². The van der Waals surface area contributed by atoms with Crippen LogP contribution in [0.15, 0.2) is 12.1 Å². The van der Waals surface area contributed by atoms with E-state index in [0.29, 0.717) is 37.0 Å². The van der Waals surface area contributed by atoms with Crippen molar-refractivity contribution in [2.75, 3.05) is 11.5 Å². The fraction of sp³-hybridized carbons (Fsp3) is 0.600. The van der Waals surface area contributed by atoms with Gasteiger partial charge in [-0.3, -0.25) is 9.69 Å². The van der Waals surface area contributed by atoms with E-state index in [4.69, 9.17) is 9.47 Å². The topological polar surface area (TPSA) is 88.1 Å². The molecule has 2 atom stereocenters. The van der Waals surface area contributed by atoms with Crippen LogP contribution in [0.1, 0.15) is 45.1 Å². The smallest absolute Gasteiger partial charge is 0.414 e. The van der Waals surface area contributed by atoms with Gasteiger partial charge in [0.05, 0.1) is 11.3 Å².